The number of hydrogen-bond donors (Lipinski definition) is 0. The van der Waals surface area contributed by atoms with Crippen LogP contribution >= 0.6 is 0 Å². The van der Waals surface area contributed by atoms with Crippen molar-refractivity contribution in [3.8, 4) is 6.07 Å². The number of nitrogens with zero attached hydrogens (tertiary/aromatic N) is 6. The zero-order valence-corrected chi connectivity index (χ0v) is 18.3. The zero-order valence-electron chi connectivity index (χ0n) is 18.3. The van der Waals surface area contributed by atoms with Crippen LogP contribution < -0.4 is 4.90 Å². The van der Waals surface area contributed by atoms with Gasteiger partial charge < -0.3 is 4.90 Å². The summed E-state index contributed by atoms with van der Waals surface area (Å²) in [7, 11) is 4.29. The van der Waals surface area contributed by atoms with Crippen molar-refractivity contribution < 1.29 is 0 Å². The third-order valence-corrected chi connectivity index (χ3v) is 5.75. The summed E-state index contributed by atoms with van der Waals surface area (Å²) in [6, 6.07) is 2.42. The first-order chi connectivity index (χ1) is 13.4. The van der Waals surface area contributed by atoms with Gasteiger partial charge in [-0.3, -0.25) is 4.90 Å². The van der Waals surface area contributed by atoms with Crippen LogP contribution in [0.25, 0.3) is 5.65 Å². The van der Waals surface area contributed by atoms with E-state index in [9.17, 15) is 5.26 Å². The lowest BCUT2D eigenvalue weighted by atomic mass is 9.99. The van der Waals surface area contributed by atoms with E-state index >= 15 is 0 Å². The SMILES string of the molecule is CCCCc1c(C)c(C#N)c2nc(CC(C)C)nn2c1N1CCCC1N(C)C. The van der Waals surface area contributed by atoms with Gasteiger partial charge in [0.1, 0.15) is 17.5 Å². The van der Waals surface area contributed by atoms with Crippen LogP contribution in [0.2, 0.25) is 0 Å². The Bertz CT molecular complexity index is 874. The zero-order chi connectivity index (χ0) is 20.4. The molecular formula is C22H34N6. The van der Waals surface area contributed by atoms with Crippen molar-refractivity contribution in [3.05, 3.63) is 22.5 Å². The van der Waals surface area contributed by atoms with E-state index in [2.05, 4.69) is 57.7 Å². The highest BCUT2D eigenvalue weighted by atomic mass is 15.4. The summed E-state index contributed by atoms with van der Waals surface area (Å²) in [5, 5.41) is 14.8. The summed E-state index contributed by atoms with van der Waals surface area (Å²) in [5.74, 6) is 2.47. The molecule has 2 aromatic rings. The van der Waals surface area contributed by atoms with E-state index in [0.717, 1.165) is 61.5 Å². The minimum absolute atomic E-state index is 0.355. The van der Waals surface area contributed by atoms with Crippen molar-refractivity contribution in [2.75, 3.05) is 25.5 Å². The van der Waals surface area contributed by atoms with Crippen molar-refractivity contribution in [3.63, 3.8) is 0 Å². The Morgan fingerprint density at radius 1 is 1.32 bits per heavy atom. The molecule has 1 saturated heterocycles. The maximum Gasteiger partial charge on any atom is 0.176 e. The number of anilines is 1. The van der Waals surface area contributed by atoms with Gasteiger partial charge in [-0.25, -0.2) is 4.98 Å². The molecule has 0 amide bonds. The van der Waals surface area contributed by atoms with Gasteiger partial charge in [0.25, 0.3) is 0 Å². The molecule has 1 aliphatic heterocycles. The van der Waals surface area contributed by atoms with E-state index < -0.39 is 0 Å². The molecule has 0 aromatic carbocycles. The lowest BCUT2D eigenvalue weighted by molar-refractivity contribution is 0.299. The summed E-state index contributed by atoms with van der Waals surface area (Å²) in [6.07, 6.45) is 6.71. The molecule has 0 N–H and O–H groups in total. The number of rotatable bonds is 7. The third-order valence-electron chi connectivity index (χ3n) is 5.75. The average Bonchev–Trinajstić information content (AvgIpc) is 3.26. The Labute approximate surface area is 169 Å². The highest BCUT2D eigenvalue weighted by molar-refractivity contribution is 5.69. The molecule has 1 unspecified atom stereocenters. The second-order valence-electron chi connectivity index (χ2n) is 8.66. The van der Waals surface area contributed by atoms with E-state index in [0.29, 0.717) is 17.6 Å². The standard InChI is InChI=1S/C22H34N6/c1-7-8-10-17-16(4)18(14-23)21-24-19(13-15(2)3)25-28(21)22(17)27-12-9-11-20(27)26(5)6/h15,20H,7-13H2,1-6H3. The van der Waals surface area contributed by atoms with Crippen LogP contribution in [0, 0.1) is 24.2 Å². The first-order valence-corrected chi connectivity index (χ1v) is 10.6. The van der Waals surface area contributed by atoms with Crippen molar-refractivity contribution >= 4 is 11.5 Å². The molecule has 0 spiro atoms. The van der Waals surface area contributed by atoms with Gasteiger partial charge in [0.2, 0.25) is 0 Å². The number of aromatic nitrogens is 3. The molecule has 0 saturated carbocycles. The molecule has 2 aromatic heterocycles. The molecule has 1 aliphatic rings. The second-order valence-corrected chi connectivity index (χ2v) is 8.66. The number of fused-ring (bicyclic) bond motifs is 1. The Hall–Kier alpha value is -2.13. The van der Waals surface area contributed by atoms with Gasteiger partial charge in [0, 0.05) is 13.0 Å². The molecular weight excluding hydrogens is 348 g/mol. The minimum Gasteiger partial charge on any atom is -0.341 e. The lowest BCUT2D eigenvalue weighted by Gasteiger charge is -2.33. The van der Waals surface area contributed by atoms with Gasteiger partial charge in [-0.15, -0.1) is 5.10 Å². The third kappa shape index (κ3) is 3.73. The van der Waals surface area contributed by atoms with Crippen LogP contribution in [0.5, 0.6) is 0 Å². The van der Waals surface area contributed by atoms with Gasteiger partial charge in [-0.05, 0) is 63.7 Å². The largest absolute Gasteiger partial charge is 0.341 e. The maximum atomic E-state index is 9.90. The topological polar surface area (TPSA) is 60.5 Å². The van der Waals surface area contributed by atoms with E-state index in [-0.39, 0.29) is 0 Å². The quantitative estimate of drug-likeness (QED) is 0.726. The summed E-state index contributed by atoms with van der Waals surface area (Å²) in [5.41, 5.74) is 3.74. The molecule has 0 bridgehead atoms. The first kappa shape index (κ1) is 20.6. The summed E-state index contributed by atoms with van der Waals surface area (Å²) in [4.78, 5) is 9.58. The summed E-state index contributed by atoms with van der Waals surface area (Å²) in [6.45, 7) is 9.68. The van der Waals surface area contributed by atoms with Gasteiger partial charge in [-0.2, -0.15) is 9.78 Å². The van der Waals surface area contributed by atoms with Crippen molar-refractivity contribution in [1.29, 1.82) is 5.26 Å². The average molecular weight is 383 g/mol. The number of nitriles is 1. The van der Waals surface area contributed by atoms with Crippen LogP contribution in [-0.2, 0) is 12.8 Å². The molecule has 28 heavy (non-hydrogen) atoms. The van der Waals surface area contributed by atoms with Crippen LogP contribution in [0.3, 0.4) is 0 Å². The summed E-state index contributed by atoms with van der Waals surface area (Å²) >= 11 is 0. The van der Waals surface area contributed by atoms with Gasteiger partial charge in [-0.1, -0.05) is 27.2 Å². The highest BCUT2D eigenvalue weighted by Crippen LogP contribution is 2.35. The highest BCUT2D eigenvalue weighted by Gasteiger charge is 2.32. The first-order valence-electron chi connectivity index (χ1n) is 10.6. The maximum absolute atomic E-state index is 9.90. The van der Waals surface area contributed by atoms with Crippen LogP contribution in [0.15, 0.2) is 0 Å². The van der Waals surface area contributed by atoms with E-state index in [1.165, 1.54) is 12.0 Å². The molecule has 1 fully saturated rings. The molecule has 3 heterocycles. The van der Waals surface area contributed by atoms with Crippen LogP contribution in [0.4, 0.5) is 5.82 Å². The monoisotopic (exact) mass is 382 g/mol. The Morgan fingerprint density at radius 2 is 2.07 bits per heavy atom. The van der Waals surface area contributed by atoms with E-state index in [1.807, 2.05) is 4.52 Å². The fourth-order valence-corrected chi connectivity index (χ4v) is 4.34. The fraction of sp³-hybridized carbons (Fsp3) is 0.682. The molecule has 152 valence electrons. The van der Waals surface area contributed by atoms with Crippen molar-refractivity contribution in [1.82, 2.24) is 19.5 Å². The number of unbranched alkanes of at least 4 members (excludes halogenated alkanes) is 1. The van der Waals surface area contributed by atoms with Crippen molar-refractivity contribution in [2.45, 2.75) is 72.4 Å². The minimum atomic E-state index is 0.355. The number of hydrogen-bond acceptors (Lipinski definition) is 5. The molecule has 6 nitrogen and oxygen atoms in total. The predicted octanol–water partition coefficient (Wildman–Crippen LogP) is 3.94. The van der Waals surface area contributed by atoms with Gasteiger partial charge in [0.15, 0.2) is 11.5 Å². The molecule has 0 radical (unpaired) electrons. The molecule has 0 aliphatic carbocycles. The Morgan fingerprint density at radius 3 is 2.68 bits per heavy atom. The normalized spacial score (nSPS) is 17.2. The summed E-state index contributed by atoms with van der Waals surface area (Å²) < 4.78 is 1.98. The lowest BCUT2D eigenvalue weighted by Crippen LogP contribution is -2.42. The second kappa shape index (κ2) is 8.48. The molecule has 6 heteroatoms. The predicted molar refractivity (Wildman–Crippen MR) is 114 cm³/mol. The molecule has 3 rings (SSSR count). The van der Waals surface area contributed by atoms with Gasteiger partial charge >= 0.3 is 0 Å². The van der Waals surface area contributed by atoms with Crippen molar-refractivity contribution in [2.24, 2.45) is 5.92 Å². The fourth-order valence-electron chi connectivity index (χ4n) is 4.34. The van der Waals surface area contributed by atoms with E-state index in [4.69, 9.17) is 10.1 Å². The van der Waals surface area contributed by atoms with Crippen LogP contribution in [0.1, 0.15) is 69.0 Å². The Kier molecular flexibility index (Phi) is 6.24. The Balaban J connectivity index is 2.28. The number of pyridine rings is 1. The molecule has 1 atom stereocenters. The van der Waals surface area contributed by atoms with Crippen LogP contribution in [-0.4, -0.2) is 46.3 Å². The van der Waals surface area contributed by atoms with Gasteiger partial charge in [0.05, 0.1) is 6.17 Å². The van der Waals surface area contributed by atoms with E-state index in [1.54, 1.807) is 0 Å². The smallest absolute Gasteiger partial charge is 0.176 e.